The van der Waals surface area contributed by atoms with Crippen LogP contribution in [0.2, 0.25) is 0 Å². The van der Waals surface area contributed by atoms with Crippen molar-refractivity contribution in [3.8, 4) is 0 Å². The second kappa shape index (κ2) is 5.82. The van der Waals surface area contributed by atoms with Crippen LogP contribution >= 0.6 is 11.3 Å². The molecule has 4 nitrogen and oxygen atoms in total. The van der Waals surface area contributed by atoms with Gasteiger partial charge in [0, 0.05) is 17.3 Å². The largest absolute Gasteiger partial charge is 0.347 e. The lowest BCUT2D eigenvalue weighted by molar-refractivity contribution is 0.0954. The van der Waals surface area contributed by atoms with Crippen molar-refractivity contribution in [1.82, 2.24) is 15.3 Å². The molecule has 2 aromatic rings. The van der Waals surface area contributed by atoms with Crippen LogP contribution in [0.3, 0.4) is 0 Å². The van der Waals surface area contributed by atoms with E-state index in [-0.39, 0.29) is 5.91 Å². The van der Waals surface area contributed by atoms with Crippen molar-refractivity contribution in [2.75, 3.05) is 0 Å². The molecule has 2 rings (SSSR count). The number of carbonyl (C=O) groups excluding carboxylic acids is 1. The Labute approximate surface area is 110 Å². The summed E-state index contributed by atoms with van der Waals surface area (Å²) in [7, 11) is 0. The van der Waals surface area contributed by atoms with E-state index < -0.39 is 0 Å². The van der Waals surface area contributed by atoms with Crippen molar-refractivity contribution in [1.29, 1.82) is 0 Å². The van der Waals surface area contributed by atoms with E-state index in [1.54, 1.807) is 23.7 Å². The van der Waals surface area contributed by atoms with Crippen molar-refractivity contribution in [3.05, 3.63) is 39.6 Å². The zero-order valence-corrected chi connectivity index (χ0v) is 11.4. The number of thiophene rings is 1. The molecule has 0 aromatic carbocycles. The Morgan fingerprint density at radius 1 is 1.56 bits per heavy atom. The van der Waals surface area contributed by atoms with E-state index in [0.717, 1.165) is 23.5 Å². The minimum Gasteiger partial charge on any atom is -0.347 e. The standard InChI is InChI=1S/C13H17N3OS/c1-3-4-10-7-11(18-9(10)2)13(17)16-8-12-14-5-6-15-12/h5-7H,3-4,8H2,1-2H3,(H,14,15)(H,16,17). The van der Waals surface area contributed by atoms with Crippen LogP contribution in [0, 0.1) is 6.92 Å². The Bertz CT molecular complexity index is 516. The number of hydrogen-bond acceptors (Lipinski definition) is 3. The minimum absolute atomic E-state index is 0.0261. The van der Waals surface area contributed by atoms with Crippen LogP contribution in [0.15, 0.2) is 18.5 Å². The van der Waals surface area contributed by atoms with E-state index in [0.29, 0.717) is 6.54 Å². The minimum atomic E-state index is -0.0261. The molecule has 0 saturated carbocycles. The maximum absolute atomic E-state index is 12.0. The van der Waals surface area contributed by atoms with Crippen LogP contribution < -0.4 is 5.32 Å². The van der Waals surface area contributed by atoms with Crippen molar-refractivity contribution < 1.29 is 4.79 Å². The summed E-state index contributed by atoms with van der Waals surface area (Å²) in [4.78, 5) is 21.0. The van der Waals surface area contributed by atoms with Gasteiger partial charge in [0.2, 0.25) is 0 Å². The SMILES string of the molecule is CCCc1cc(C(=O)NCc2ncc[nH]2)sc1C. The van der Waals surface area contributed by atoms with Gasteiger partial charge in [-0.3, -0.25) is 4.79 Å². The third-order valence-electron chi connectivity index (χ3n) is 2.73. The number of hydrogen-bond donors (Lipinski definition) is 2. The molecule has 2 heterocycles. The van der Waals surface area contributed by atoms with E-state index in [2.05, 4.69) is 29.1 Å². The van der Waals surface area contributed by atoms with Gasteiger partial charge in [-0.05, 0) is 25.0 Å². The molecule has 0 bridgehead atoms. The van der Waals surface area contributed by atoms with Gasteiger partial charge in [0.15, 0.2) is 0 Å². The first-order valence-electron chi connectivity index (χ1n) is 6.06. The Morgan fingerprint density at radius 2 is 2.39 bits per heavy atom. The molecule has 0 saturated heterocycles. The van der Waals surface area contributed by atoms with Crippen molar-refractivity contribution in [3.63, 3.8) is 0 Å². The molecule has 0 aliphatic rings. The van der Waals surface area contributed by atoms with Crippen molar-refractivity contribution in [2.45, 2.75) is 33.2 Å². The lowest BCUT2D eigenvalue weighted by Gasteiger charge is -2.00. The summed E-state index contributed by atoms with van der Waals surface area (Å²) in [5.74, 6) is 0.743. The molecule has 96 valence electrons. The molecular formula is C13H17N3OS. The summed E-state index contributed by atoms with van der Waals surface area (Å²) >= 11 is 1.56. The molecule has 0 aliphatic carbocycles. The molecule has 0 aliphatic heterocycles. The van der Waals surface area contributed by atoms with Gasteiger partial charge in [-0.15, -0.1) is 11.3 Å². The zero-order valence-electron chi connectivity index (χ0n) is 10.6. The van der Waals surface area contributed by atoms with E-state index in [9.17, 15) is 4.79 Å². The van der Waals surface area contributed by atoms with Gasteiger partial charge < -0.3 is 10.3 Å². The van der Waals surface area contributed by atoms with Gasteiger partial charge >= 0.3 is 0 Å². The summed E-state index contributed by atoms with van der Waals surface area (Å²) < 4.78 is 0. The lowest BCUT2D eigenvalue weighted by Crippen LogP contribution is -2.22. The number of aromatic amines is 1. The summed E-state index contributed by atoms with van der Waals surface area (Å²) in [6, 6.07) is 2.00. The highest BCUT2D eigenvalue weighted by Gasteiger charge is 2.11. The first kappa shape index (κ1) is 12.8. The third kappa shape index (κ3) is 2.98. The van der Waals surface area contributed by atoms with E-state index in [4.69, 9.17) is 0 Å². The highest BCUT2D eigenvalue weighted by Crippen LogP contribution is 2.22. The number of H-pyrrole nitrogens is 1. The second-order valence-electron chi connectivity index (χ2n) is 4.16. The summed E-state index contributed by atoms with van der Waals surface area (Å²) in [6.45, 7) is 4.65. The normalized spacial score (nSPS) is 10.6. The van der Waals surface area contributed by atoms with Gasteiger partial charge in [-0.25, -0.2) is 4.98 Å². The topological polar surface area (TPSA) is 57.8 Å². The Balaban J connectivity index is 1.98. The number of aryl methyl sites for hydroxylation is 2. The molecule has 1 amide bonds. The van der Waals surface area contributed by atoms with Gasteiger partial charge in [0.25, 0.3) is 5.91 Å². The number of nitrogens with zero attached hydrogens (tertiary/aromatic N) is 1. The van der Waals surface area contributed by atoms with Crippen LogP contribution in [0.5, 0.6) is 0 Å². The fourth-order valence-corrected chi connectivity index (χ4v) is 2.78. The average Bonchev–Trinajstić information content (AvgIpc) is 2.97. The Morgan fingerprint density at radius 3 is 3.06 bits per heavy atom. The molecule has 0 atom stereocenters. The van der Waals surface area contributed by atoms with Crippen LogP contribution in [0.1, 0.15) is 39.3 Å². The van der Waals surface area contributed by atoms with E-state index >= 15 is 0 Å². The number of imidazole rings is 1. The van der Waals surface area contributed by atoms with Crippen molar-refractivity contribution in [2.24, 2.45) is 0 Å². The Kier molecular flexibility index (Phi) is 4.15. The maximum atomic E-state index is 12.0. The highest BCUT2D eigenvalue weighted by molar-refractivity contribution is 7.14. The predicted octanol–water partition coefficient (Wildman–Crippen LogP) is 2.66. The number of carbonyl (C=O) groups is 1. The van der Waals surface area contributed by atoms with Crippen LogP contribution in [0.4, 0.5) is 0 Å². The number of aromatic nitrogens is 2. The van der Waals surface area contributed by atoms with E-state index in [1.165, 1.54) is 10.4 Å². The van der Waals surface area contributed by atoms with Crippen LogP contribution in [0.25, 0.3) is 0 Å². The lowest BCUT2D eigenvalue weighted by atomic mass is 10.1. The first-order chi connectivity index (χ1) is 8.70. The quantitative estimate of drug-likeness (QED) is 0.871. The molecule has 0 fully saturated rings. The van der Waals surface area contributed by atoms with Crippen molar-refractivity contribution >= 4 is 17.2 Å². The molecule has 0 spiro atoms. The van der Waals surface area contributed by atoms with Crippen LogP contribution in [-0.2, 0) is 13.0 Å². The first-order valence-corrected chi connectivity index (χ1v) is 6.88. The molecule has 0 unspecified atom stereocenters. The summed E-state index contributed by atoms with van der Waals surface area (Å²) in [5.41, 5.74) is 1.28. The summed E-state index contributed by atoms with van der Waals surface area (Å²) in [5, 5.41) is 2.86. The maximum Gasteiger partial charge on any atom is 0.261 e. The summed E-state index contributed by atoms with van der Waals surface area (Å²) in [6.07, 6.45) is 5.56. The number of nitrogens with one attached hydrogen (secondary N) is 2. The van der Waals surface area contributed by atoms with Gasteiger partial charge in [0.05, 0.1) is 11.4 Å². The third-order valence-corrected chi connectivity index (χ3v) is 3.83. The van der Waals surface area contributed by atoms with Gasteiger partial charge in [-0.1, -0.05) is 13.3 Å². The predicted molar refractivity (Wildman–Crippen MR) is 72.8 cm³/mol. The molecule has 18 heavy (non-hydrogen) atoms. The average molecular weight is 263 g/mol. The molecular weight excluding hydrogens is 246 g/mol. The number of amides is 1. The van der Waals surface area contributed by atoms with Crippen LogP contribution in [-0.4, -0.2) is 15.9 Å². The zero-order chi connectivity index (χ0) is 13.0. The monoisotopic (exact) mass is 263 g/mol. The molecule has 5 heteroatoms. The highest BCUT2D eigenvalue weighted by atomic mass is 32.1. The van der Waals surface area contributed by atoms with Gasteiger partial charge in [0.1, 0.15) is 5.82 Å². The second-order valence-corrected chi connectivity index (χ2v) is 5.42. The van der Waals surface area contributed by atoms with E-state index in [1.807, 2.05) is 6.07 Å². The fourth-order valence-electron chi connectivity index (χ4n) is 1.80. The molecule has 2 N–H and O–H groups in total. The smallest absolute Gasteiger partial charge is 0.261 e. The number of rotatable bonds is 5. The fraction of sp³-hybridized carbons (Fsp3) is 0.385. The Hall–Kier alpha value is -1.62. The molecule has 0 radical (unpaired) electrons. The van der Waals surface area contributed by atoms with Gasteiger partial charge in [-0.2, -0.15) is 0 Å². The molecule has 2 aromatic heterocycles.